The standard InChI is InChI=1S/C57H109N3O5/c1-6-10-14-18-23-31-40-54(41-32-24-19-15-11-7-2)64-56(62)44-35-27-22-28-37-47-59(48-38-49-60-50-46-58-52(60)5)51-53(61)39-30-29-36-45-57(63)65-55(42-33-25-20-16-12-8-3)43-34-26-21-17-13-9-4/h46,50,53-55,61H,6-45,47-49,51H2,1-5H3/t53-/m1/s1. The van der Waals surface area contributed by atoms with Gasteiger partial charge >= 0.3 is 11.9 Å². The minimum atomic E-state index is -0.368. The number of rotatable bonds is 50. The summed E-state index contributed by atoms with van der Waals surface area (Å²) in [6.07, 6.45) is 49.1. The molecule has 0 aliphatic heterocycles. The van der Waals surface area contributed by atoms with Gasteiger partial charge < -0.3 is 24.0 Å². The number of hydrogen-bond donors (Lipinski definition) is 1. The van der Waals surface area contributed by atoms with Crippen LogP contribution >= 0.6 is 0 Å². The number of aromatic nitrogens is 2. The highest BCUT2D eigenvalue weighted by Crippen LogP contribution is 2.21. The molecule has 0 radical (unpaired) electrons. The van der Waals surface area contributed by atoms with Crippen LogP contribution in [0, 0.1) is 6.92 Å². The van der Waals surface area contributed by atoms with Crippen molar-refractivity contribution in [2.45, 2.75) is 316 Å². The molecule has 8 heteroatoms. The van der Waals surface area contributed by atoms with Crippen molar-refractivity contribution < 1.29 is 24.2 Å². The highest BCUT2D eigenvalue weighted by molar-refractivity contribution is 5.69. The number of aliphatic hydroxyl groups excluding tert-OH is 1. The molecule has 0 amide bonds. The molecule has 1 aromatic rings. The van der Waals surface area contributed by atoms with Crippen LogP contribution in [0.1, 0.15) is 290 Å². The van der Waals surface area contributed by atoms with Crippen LogP contribution in [0.15, 0.2) is 12.4 Å². The van der Waals surface area contributed by atoms with E-state index >= 15 is 0 Å². The Morgan fingerprint density at radius 3 is 1.28 bits per heavy atom. The summed E-state index contributed by atoms with van der Waals surface area (Å²) in [5.74, 6) is 1.02. The molecule has 0 saturated carbocycles. The molecule has 0 saturated heterocycles. The molecular weight excluding hydrogens is 807 g/mol. The number of aliphatic hydroxyl groups is 1. The maximum Gasteiger partial charge on any atom is 0.306 e. The van der Waals surface area contributed by atoms with Crippen molar-refractivity contribution in [1.82, 2.24) is 14.5 Å². The average molecular weight is 917 g/mol. The predicted molar refractivity (Wildman–Crippen MR) is 277 cm³/mol. The van der Waals surface area contributed by atoms with Crippen molar-refractivity contribution in [2.75, 3.05) is 19.6 Å². The van der Waals surface area contributed by atoms with E-state index in [0.29, 0.717) is 19.4 Å². The Morgan fingerprint density at radius 2 is 0.862 bits per heavy atom. The SMILES string of the molecule is CCCCCCCCC(CCCCCCCC)OC(=O)CCCCCCCN(CCCn1ccnc1C)C[C@H](O)CCCCCC(=O)OC(CCCCCCCC)CCCCCCCC. The van der Waals surface area contributed by atoms with Gasteiger partial charge in [-0.15, -0.1) is 0 Å². The molecule has 0 spiro atoms. The third kappa shape index (κ3) is 38.7. The molecular formula is C57H109N3O5. The normalized spacial score (nSPS) is 12.3. The Bertz CT molecular complexity index is 1140. The van der Waals surface area contributed by atoms with Gasteiger partial charge in [0.15, 0.2) is 0 Å². The van der Waals surface area contributed by atoms with Crippen LogP contribution in [0.2, 0.25) is 0 Å². The maximum atomic E-state index is 12.9. The molecule has 0 bridgehead atoms. The number of carbonyl (C=O) groups is 2. The molecule has 0 unspecified atom stereocenters. The number of ether oxygens (including phenoxy) is 2. The Labute approximate surface area is 403 Å². The molecule has 1 N–H and O–H groups in total. The second-order valence-electron chi connectivity index (χ2n) is 20.0. The number of carbonyl (C=O) groups excluding carboxylic acids is 2. The monoisotopic (exact) mass is 916 g/mol. The van der Waals surface area contributed by atoms with Gasteiger partial charge in [-0.05, 0) is 103 Å². The van der Waals surface area contributed by atoms with E-state index in [4.69, 9.17) is 9.47 Å². The van der Waals surface area contributed by atoms with Gasteiger partial charge in [0, 0.05) is 38.3 Å². The summed E-state index contributed by atoms with van der Waals surface area (Å²) in [6.45, 7) is 14.6. The van der Waals surface area contributed by atoms with Gasteiger partial charge in [0.05, 0.1) is 6.10 Å². The quantitative estimate of drug-likeness (QED) is 0.0514. The summed E-state index contributed by atoms with van der Waals surface area (Å²) in [5.41, 5.74) is 0. The van der Waals surface area contributed by atoms with E-state index in [1.165, 1.54) is 141 Å². The highest BCUT2D eigenvalue weighted by atomic mass is 16.5. The molecule has 8 nitrogen and oxygen atoms in total. The van der Waals surface area contributed by atoms with Gasteiger partial charge in [-0.2, -0.15) is 0 Å². The Kier molecular flexibility index (Phi) is 43.1. The lowest BCUT2D eigenvalue weighted by Crippen LogP contribution is -2.34. The number of nitrogens with zero attached hydrogens (tertiary/aromatic N) is 3. The minimum absolute atomic E-state index is 0.00596. The van der Waals surface area contributed by atoms with Crippen molar-refractivity contribution >= 4 is 11.9 Å². The summed E-state index contributed by atoms with van der Waals surface area (Å²) in [6, 6.07) is 0. The maximum absolute atomic E-state index is 12.9. The van der Waals surface area contributed by atoms with E-state index in [-0.39, 0.29) is 30.3 Å². The second-order valence-corrected chi connectivity index (χ2v) is 20.0. The van der Waals surface area contributed by atoms with E-state index in [2.05, 4.69) is 55.3 Å². The van der Waals surface area contributed by atoms with Gasteiger partial charge in [0.2, 0.25) is 0 Å². The smallest absolute Gasteiger partial charge is 0.306 e. The molecule has 1 aromatic heterocycles. The van der Waals surface area contributed by atoms with Crippen molar-refractivity contribution in [3.8, 4) is 0 Å². The van der Waals surface area contributed by atoms with Gasteiger partial charge in [-0.25, -0.2) is 4.98 Å². The molecule has 382 valence electrons. The first kappa shape index (κ1) is 61.1. The lowest BCUT2D eigenvalue weighted by atomic mass is 10.0. The van der Waals surface area contributed by atoms with Gasteiger partial charge in [0.25, 0.3) is 0 Å². The topological polar surface area (TPSA) is 93.9 Å². The zero-order valence-corrected chi connectivity index (χ0v) is 43.9. The molecule has 0 aliphatic rings. The fourth-order valence-electron chi connectivity index (χ4n) is 9.37. The molecule has 65 heavy (non-hydrogen) atoms. The van der Waals surface area contributed by atoms with Crippen LogP contribution < -0.4 is 0 Å². The lowest BCUT2D eigenvalue weighted by Gasteiger charge is -2.25. The molecule has 1 rings (SSSR count). The summed E-state index contributed by atoms with van der Waals surface area (Å²) in [4.78, 5) is 32.7. The van der Waals surface area contributed by atoms with Gasteiger partial charge in [0.1, 0.15) is 18.0 Å². The fraction of sp³-hybridized carbons (Fsp3) is 0.912. The van der Waals surface area contributed by atoms with E-state index in [1.54, 1.807) is 0 Å². The summed E-state index contributed by atoms with van der Waals surface area (Å²) in [7, 11) is 0. The van der Waals surface area contributed by atoms with E-state index in [1.807, 2.05) is 6.20 Å². The van der Waals surface area contributed by atoms with Crippen LogP contribution in [-0.4, -0.2) is 69.4 Å². The lowest BCUT2D eigenvalue weighted by molar-refractivity contribution is -0.151. The van der Waals surface area contributed by atoms with Gasteiger partial charge in [-0.3, -0.25) is 9.59 Å². The van der Waals surface area contributed by atoms with Crippen molar-refractivity contribution in [1.29, 1.82) is 0 Å². The Balaban J connectivity index is 2.46. The first-order chi connectivity index (χ1) is 31.8. The zero-order valence-electron chi connectivity index (χ0n) is 43.9. The fourth-order valence-corrected chi connectivity index (χ4v) is 9.37. The third-order valence-electron chi connectivity index (χ3n) is 13.7. The summed E-state index contributed by atoms with van der Waals surface area (Å²) in [5, 5.41) is 11.2. The van der Waals surface area contributed by atoms with Gasteiger partial charge in [-0.1, -0.05) is 188 Å². The van der Waals surface area contributed by atoms with E-state index < -0.39 is 0 Å². The Hall–Kier alpha value is -1.93. The molecule has 0 aromatic carbocycles. The largest absolute Gasteiger partial charge is 0.462 e. The molecule has 1 heterocycles. The molecule has 0 fully saturated rings. The van der Waals surface area contributed by atoms with E-state index in [9.17, 15) is 14.7 Å². The molecule has 1 atom stereocenters. The van der Waals surface area contributed by atoms with Crippen molar-refractivity contribution in [3.05, 3.63) is 18.2 Å². The van der Waals surface area contributed by atoms with Crippen LogP contribution in [0.5, 0.6) is 0 Å². The second kappa shape index (κ2) is 45.8. The average Bonchev–Trinajstić information content (AvgIpc) is 3.71. The van der Waals surface area contributed by atoms with Crippen molar-refractivity contribution in [3.63, 3.8) is 0 Å². The molecule has 0 aliphatic carbocycles. The van der Waals surface area contributed by atoms with Crippen molar-refractivity contribution in [2.24, 2.45) is 0 Å². The predicted octanol–water partition coefficient (Wildman–Crippen LogP) is 16.4. The number of esters is 2. The summed E-state index contributed by atoms with van der Waals surface area (Å²) < 4.78 is 14.4. The Morgan fingerprint density at radius 1 is 0.508 bits per heavy atom. The third-order valence-corrected chi connectivity index (χ3v) is 13.7. The zero-order chi connectivity index (χ0) is 47.3. The number of hydrogen-bond acceptors (Lipinski definition) is 7. The van der Waals surface area contributed by atoms with Crippen LogP contribution in [0.3, 0.4) is 0 Å². The first-order valence-corrected chi connectivity index (χ1v) is 28.6. The van der Waals surface area contributed by atoms with Crippen LogP contribution in [-0.2, 0) is 25.6 Å². The number of imidazole rings is 1. The van der Waals surface area contributed by atoms with E-state index in [0.717, 1.165) is 128 Å². The van der Waals surface area contributed by atoms with Crippen LogP contribution in [0.25, 0.3) is 0 Å². The highest BCUT2D eigenvalue weighted by Gasteiger charge is 2.17. The summed E-state index contributed by atoms with van der Waals surface area (Å²) >= 11 is 0. The number of unbranched alkanes of at least 4 members (excludes halogenated alkanes) is 26. The first-order valence-electron chi connectivity index (χ1n) is 28.6. The number of aryl methyl sites for hydroxylation is 2. The van der Waals surface area contributed by atoms with Crippen LogP contribution in [0.4, 0.5) is 0 Å². The minimum Gasteiger partial charge on any atom is -0.462 e.